The number of carboxylic acids is 3. The Hall–Kier alpha value is -1.96. The van der Waals surface area contributed by atoms with Gasteiger partial charge in [0.15, 0.2) is 0 Å². The minimum atomic E-state index is -1.33. The fraction of sp³-hybridized carbons (Fsp3) is 0.636. The van der Waals surface area contributed by atoms with Gasteiger partial charge in [0.05, 0.1) is 0 Å². The molecule has 0 saturated carbocycles. The van der Waals surface area contributed by atoms with Crippen LogP contribution in [0.5, 0.6) is 0 Å². The predicted molar refractivity (Wildman–Crippen MR) is 64.6 cm³/mol. The fourth-order valence-electron chi connectivity index (χ4n) is 0.861. The number of carbonyl (C=O) groups is 4. The van der Waals surface area contributed by atoms with Crippen molar-refractivity contribution in [3.63, 3.8) is 0 Å². The third kappa shape index (κ3) is 14.0. The van der Waals surface area contributed by atoms with Crippen molar-refractivity contribution in [1.82, 2.24) is 0 Å². The van der Waals surface area contributed by atoms with Crippen LogP contribution < -0.4 is 5.73 Å². The second kappa shape index (κ2) is 10.0. The van der Waals surface area contributed by atoms with Gasteiger partial charge in [-0.2, -0.15) is 0 Å². The van der Waals surface area contributed by atoms with Crippen LogP contribution in [-0.2, 0) is 19.2 Å². The van der Waals surface area contributed by atoms with Gasteiger partial charge < -0.3 is 21.1 Å². The zero-order valence-corrected chi connectivity index (χ0v) is 10.8. The molecule has 0 aromatic rings. The first-order chi connectivity index (χ1) is 8.57. The summed E-state index contributed by atoms with van der Waals surface area (Å²) in [4.78, 5) is 40.1. The molecular formula is C11H19NO7. The van der Waals surface area contributed by atoms with Crippen LogP contribution in [0.4, 0.5) is 0 Å². The van der Waals surface area contributed by atoms with Crippen LogP contribution in [0.1, 0.15) is 33.1 Å². The maximum Gasteiger partial charge on any atom is 0.372 e. The minimum absolute atomic E-state index is 0.0231. The van der Waals surface area contributed by atoms with E-state index >= 15 is 0 Å². The summed E-state index contributed by atoms with van der Waals surface area (Å²) in [6.45, 7) is 3.61. The average Bonchev–Trinajstić information content (AvgIpc) is 2.25. The van der Waals surface area contributed by atoms with Gasteiger partial charge in [-0.25, -0.2) is 4.79 Å². The normalized spacial score (nSPS) is 11.2. The van der Waals surface area contributed by atoms with E-state index in [1.807, 2.05) is 0 Å². The lowest BCUT2D eigenvalue weighted by Gasteiger charge is -2.01. The number of nitrogens with two attached hydrogens (primary N) is 1. The highest BCUT2D eigenvalue weighted by molar-refractivity contribution is 6.32. The van der Waals surface area contributed by atoms with Crippen LogP contribution in [0.2, 0.25) is 0 Å². The summed E-state index contributed by atoms with van der Waals surface area (Å²) in [6, 6.07) is -1.06. The molecule has 0 aromatic carbocycles. The van der Waals surface area contributed by atoms with Crippen molar-refractivity contribution >= 4 is 23.7 Å². The number of carboxylic acid groups (broad SMARTS) is 3. The molecule has 0 bridgehead atoms. The van der Waals surface area contributed by atoms with E-state index in [1.165, 1.54) is 0 Å². The number of carbonyl (C=O) groups excluding carboxylic acids is 1. The molecule has 0 spiro atoms. The summed E-state index contributed by atoms with van der Waals surface area (Å²) in [6.07, 6.45) is -0.0898. The van der Waals surface area contributed by atoms with Gasteiger partial charge in [-0.1, -0.05) is 13.8 Å². The van der Waals surface area contributed by atoms with Crippen LogP contribution in [0.25, 0.3) is 0 Å². The third-order valence-corrected chi connectivity index (χ3v) is 1.82. The quantitative estimate of drug-likeness (QED) is 0.472. The molecule has 0 aliphatic rings. The molecule has 0 amide bonds. The Labute approximate surface area is 110 Å². The Kier molecular flexibility index (Phi) is 10.2. The molecule has 0 unspecified atom stereocenters. The van der Waals surface area contributed by atoms with Gasteiger partial charge in [-0.15, -0.1) is 0 Å². The van der Waals surface area contributed by atoms with E-state index in [4.69, 9.17) is 21.1 Å². The number of aliphatic carboxylic acids is 3. The summed E-state index contributed by atoms with van der Waals surface area (Å²) in [5, 5.41) is 24.4. The van der Waals surface area contributed by atoms with Gasteiger partial charge in [-0.3, -0.25) is 14.4 Å². The van der Waals surface area contributed by atoms with Crippen molar-refractivity contribution in [3.8, 4) is 0 Å². The maximum atomic E-state index is 10.4. The van der Waals surface area contributed by atoms with E-state index in [1.54, 1.807) is 13.8 Å². The number of hydrogen-bond acceptors (Lipinski definition) is 5. The fourth-order valence-corrected chi connectivity index (χ4v) is 0.861. The molecule has 8 nitrogen and oxygen atoms in total. The Morgan fingerprint density at radius 3 is 1.74 bits per heavy atom. The smallest absolute Gasteiger partial charge is 0.372 e. The molecule has 19 heavy (non-hydrogen) atoms. The number of ketones is 1. The van der Waals surface area contributed by atoms with Gasteiger partial charge in [0, 0.05) is 12.8 Å². The van der Waals surface area contributed by atoms with E-state index in [9.17, 15) is 19.2 Å². The zero-order chi connectivity index (χ0) is 15.6. The maximum absolute atomic E-state index is 10.4. The lowest BCUT2D eigenvalue weighted by molar-refractivity contribution is -0.149. The second-order valence-corrected chi connectivity index (χ2v) is 4.20. The van der Waals surface area contributed by atoms with Crippen molar-refractivity contribution in [2.75, 3.05) is 0 Å². The number of Topliss-reactive ketones (excluding diaryl/α,β-unsaturated/α-hetero) is 1. The Balaban J connectivity index is 0. The van der Waals surface area contributed by atoms with Crippen molar-refractivity contribution < 1.29 is 34.5 Å². The first-order valence-corrected chi connectivity index (χ1v) is 5.54. The molecule has 1 atom stereocenters. The molecule has 110 valence electrons. The van der Waals surface area contributed by atoms with E-state index in [0.717, 1.165) is 0 Å². The highest BCUT2D eigenvalue weighted by atomic mass is 16.4. The molecular weight excluding hydrogens is 258 g/mol. The summed E-state index contributed by atoms with van der Waals surface area (Å²) < 4.78 is 0. The van der Waals surface area contributed by atoms with Crippen molar-refractivity contribution in [3.05, 3.63) is 0 Å². The van der Waals surface area contributed by atoms with Crippen LogP contribution >= 0.6 is 0 Å². The molecule has 0 saturated heterocycles. The molecule has 0 radical (unpaired) electrons. The predicted octanol–water partition coefficient (Wildman–Crippen LogP) is -0.0507. The molecule has 0 heterocycles. The topological polar surface area (TPSA) is 155 Å². The van der Waals surface area contributed by atoms with E-state index in [-0.39, 0.29) is 25.2 Å². The second-order valence-electron chi connectivity index (χ2n) is 4.20. The third-order valence-electron chi connectivity index (χ3n) is 1.82. The summed E-state index contributed by atoms with van der Waals surface area (Å²) in [5.41, 5.74) is 5.00. The Morgan fingerprint density at radius 2 is 1.53 bits per heavy atom. The Morgan fingerprint density at radius 1 is 1.05 bits per heavy atom. The molecule has 0 rings (SSSR count). The van der Waals surface area contributed by atoms with Gasteiger partial charge in [0.2, 0.25) is 5.78 Å². The van der Waals surface area contributed by atoms with Crippen LogP contribution in [-0.4, -0.2) is 45.1 Å². The van der Waals surface area contributed by atoms with Crippen molar-refractivity contribution in [1.29, 1.82) is 0 Å². The van der Waals surface area contributed by atoms with Gasteiger partial charge >= 0.3 is 17.9 Å². The molecule has 5 N–H and O–H groups in total. The Bertz CT molecular complexity index is 338. The summed E-state index contributed by atoms with van der Waals surface area (Å²) >= 11 is 0. The van der Waals surface area contributed by atoms with Crippen molar-refractivity contribution in [2.24, 2.45) is 11.7 Å². The summed E-state index contributed by atoms with van der Waals surface area (Å²) in [7, 11) is 0. The lowest BCUT2D eigenvalue weighted by atomic mass is 10.1. The largest absolute Gasteiger partial charge is 0.481 e. The number of hydrogen-bond donors (Lipinski definition) is 4. The summed E-state index contributed by atoms with van der Waals surface area (Å²) in [5.74, 6) is -4.10. The molecule has 0 aromatic heterocycles. The molecule has 0 aliphatic heterocycles. The molecule has 0 fully saturated rings. The number of rotatable bonds is 7. The van der Waals surface area contributed by atoms with E-state index < -0.39 is 29.7 Å². The average molecular weight is 277 g/mol. The van der Waals surface area contributed by atoms with Crippen molar-refractivity contribution in [2.45, 2.75) is 39.2 Å². The van der Waals surface area contributed by atoms with Crippen LogP contribution in [0.3, 0.4) is 0 Å². The van der Waals surface area contributed by atoms with Crippen LogP contribution in [0, 0.1) is 5.92 Å². The molecule has 8 heteroatoms. The lowest BCUT2D eigenvalue weighted by Crippen LogP contribution is -2.30. The monoisotopic (exact) mass is 277 g/mol. The van der Waals surface area contributed by atoms with Crippen LogP contribution in [0.15, 0.2) is 0 Å². The highest BCUT2D eigenvalue weighted by Gasteiger charge is 2.12. The zero-order valence-electron chi connectivity index (χ0n) is 10.8. The van der Waals surface area contributed by atoms with E-state index in [2.05, 4.69) is 0 Å². The standard InChI is InChI=1S/C6H10O3.C5H9NO4/c1-4(2)3-5(7)6(8)9;6-3(5(9)10)1-2-4(7)8/h4H,3H2,1-2H3,(H,8,9);3H,1-2,6H2,(H,7,8)(H,9,10)/t;3-/m.0/s1. The molecule has 0 aliphatic carbocycles. The van der Waals surface area contributed by atoms with Gasteiger partial charge in [0.25, 0.3) is 0 Å². The SMILES string of the molecule is CC(C)CC(=O)C(=O)O.N[C@@H](CCC(=O)O)C(=O)O. The van der Waals surface area contributed by atoms with E-state index in [0.29, 0.717) is 0 Å². The highest BCUT2D eigenvalue weighted by Crippen LogP contribution is 1.99. The van der Waals surface area contributed by atoms with Gasteiger partial charge in [-0.05, 0) is 12.3 Å². The minimum Gasteiger partial charge on any atom is -0.481 e. The van der Waals surface area contributed by atoms with Gasteiger partial charge in [0.1, 0.15) is 6.04 Å². The first-order valence-electron chi connectivity index (χ1n) is 5.54. The first kappa shape index (κ1) is 19.4.